The topological polar surface area (TPSA) is 9.23 Å². The molecule has 0 fully saturated rings. The molecule has 4 aromatic carbocycles. The number of benzene rings is 4. The Balaban J connectivity index is 0.00000220. The van der Waals surface area contributed by atoms with Crippen LogP contribution in [0.15, 0.2) is 78.9 Å². The third kappa shape index (κ3) is 5.60. The van der Waals surface area contributed by atoms with Crippen molar-refractivity contribution in [1.29, 1.82) is 0 Å². The molecular weight excluding hydrogens is 583 g/mol. The molecule has 4 aromatic rings. The van der Waals surface area contributed by atoms with Gasteiger partial charge >= 0.3 is 234 Å². The number of halogens is 2. The predicted molar refractivity (Wildman–Crippen MR) is 180 cm³/mol. The minimum absolute atomic E-state index is 0. The average molecular weight is 630 g/mol. The monoisotopic (exact) mass is 628 g/mol. The van der Waals surface area contributed by atoms with Crippen LogP contribution < -0.4 is 3.32 Å². The minimum atomic E-state index is -3.71. The largest absolute Gasteiger partial charge is 0.147 e. The fourth-order valence-corrected chi connectivity index (χ4v) is 16.0. The van der Waals surface area contributed by atoms with Crippen LogP contribution in [0.2, 0.25) is 9.45 Å². The molecule has 1 aliphatic rings. The molecule has 5 rings (SSSR count). The van der Waals surface area contributed by atoms with Gasteiger partial charge in [-0.25, -0.2) is 0 Å². The van der Waals surface area contributed by atoms with Crippen LogP contribution in [-0.2, 0) is 25.3 Å². The molecule has 0 spiro atoms. The van der Waals surface area contributed by atoms with E-state index in [2.05, 4.69) is 142 Å². The Labute approximate surface area is 257 Å². The van der Waals surface area contributed by atoms with Gasteiger partial charge in [-0.3, -0.25) is 0 Å². The molecule has 0 atom stereocenters. The molecule has 40 heavy (non-hydrogen) atoms. The molecule has 0 radical (unpaired) electrons. The fraction of sp³-hybridized carbons (Fsp3) is 0.371. The summed E-state index contributed by atoms with van der Waals surface area (Å²) in [6.07, 6.45) is 0. The van der Waals surface area contributed by atoms with E-state index >= 15 is 0 Å². The van der Waals surface area contributed by atoms with E-state index in [0.717, 1.165) is 15.2 Å². The van der Waals surface area contributed by atoms with Crippen molar-refractivity contribution in [2.45, 2.75) is 79.9 Å². The van der Waals surface area contributed by atoms with Crippen molar-refractivity contribution in [1.82, 2.24) is 0 Å². The van der Waals surface area contributed by atoms with Crippen molar-refractivity contribution < 1.29 is 17.7 Å². The van der Waals surface area contributed by atoms with Gasteiger partial charge in [0.15, 0.2) is 0 Å². The maximum Gasteiger partial charge on any atom is -0.147 e. The van der Waals surface area contributed by atoms with E-state index in [1.54, 1.807) is 0 Å². The van der Waals surface area contributed by atoms with Crippen molar-refractivity contribution in [2.75, 3.05) is 0 Å². The summed E-state index contributed by atoms with van der Waals surface area (Å²) in [5.41, 5.74) is 8.82. The first-order valence-electron chi connectivity index (χ1n) is 14.3. The zero-order chi connectivity index (χ0) is 27.5. The molecule has 0 saturated carbocycles. The van der Waals surface area contributed by atoms with Gasteiger partial charge in [-0.15, -0.1) is 24.8 Å². The van der Waals surface area contributed by atoms with Crippen LogP contribution in [0.1, 0.15) is 81.9 Å². The molecule has 1 nitrogen and oxygen atoms in total. The van der Waals surface area contributed by atoms with Gasteiger partial charge in [-0.1, -0.05) is 0 Å². The first-order valence-corrected chi connectivity index (χ1v) is 22.1. The van der Waals surface area contributed by atoms with E-state index in [9.17, 15) is 0 Å². The Bertz CT molecular complexity index is 1540. The van der Waals surface area contributed by atoms with E-state index in [1.165, 1.54) is 44.2 Å². The molecule has 0 N–H and O–H groups in total. The van der Waals surface area contributed by atoms with Crippen molar-refractivity contribution in [2.24, 2.45) is 0 Å². The van der Waals surface area contributed by atoms with Crippen LogP contribution >= 0.6 is 24.8 Å². The van der Waals surface area contributed by atoms with Crippen molar-refractivity contribution in [3.63, 3.8) is 0 Å². The van der Waals surface area contributed by atoms with Crippen LogP contribution in [0.3, 0.4) is 0 Å². The van der Waals surface area contributed by atoms with Gasteiger partial charge in [0.2, 0.25) is 0 Å². The van der Waals surface area contributed by atoms with Gasteiger partial charge < -0.3 is 0 Å². The van der Waals surface area contributed by atoms with Crippen LogP contribution in [0.4, 0.5) is 0 Å². The molecule has 1 aliphatic carbocycles. The summed E-state index contributed by atoms with van der Waals surface area (Å²) in [5, 5.41) is 2.51. The number of hydrogen-bond donors (Lipinski definition) is 0. The Morgan fingerprint density at radius 2 is 1.12 bits per heavy atom. The second-order valence-electron chi connectivity index (χ2n) is 13.8. The molecule has 5 heteroatoms. The third-order valence-electron chi connectivity index (χ3n) is 9.29. The predicted octanol–water partition coefficient (Wildman–Crippen LogP) is 10.5. The van der Waals surface area contributed by atoms with Crippen LogP contribution in [0, 0.1) is 0 Å². The Hall–Kier alpha value is -1.55. The maximum absolute atomic E-state index is 7.55. The first kappa shape index (κ1) is 33.0. The van der Waals surface area contributed by atoms with Gasteiger partial charge in [0, 0.05) is 0 Å². The van der Waals surface area contributed by atoms with Gasteiger partial charge in [-0.2, -0.15) is 0 Å². The summed E-state index contributed by atoms with van der Waals surface area (Å²) >= 11 is -3.71. The molecule has 0 aliphatic heterocycles. The molecule has 0 amide bonds. The van der Waals surface area contributed by atoms with Crippen molar-refractivity contribution in [3.8, 4) is 16.9 Å². The number of rotatable bonds is 5. The molecule has 0 aromatic heterocycles. The number of fused-ring (bicyclic) bond motifs is 4. The van der Waals surface area contributed by atoms with E-state index in [0.29, 0.717) is 4.22 Å². The molecule has 0 bridgehead atoms. The van der Waals surface area contributed by atoms with Gasteiger partial charge in [-0.05, 0) is 0 Å². The molecule has 0 unspecified atom stereocenters. The van der Waals surface area contributed by atoms with Gasteiger partial charge in [0.05, 0.1) is 0 Å². The van der Waals surface area contributed by atoms with E-state index in [4.69, 9.17) is 3.32 Å². The summed E-state index contributed by atoms with van der Waals surface area (Å²) in [4.78, 5) is 0. The van der Waals surface area contributed by atoms with Crippen LogP contribution in [-0.4, -0.2) is 7.63 Å². The quantitative estimate of drug-likeness (QED) is 0.200. The first-order chi connectivity index (χ1) is 17.8. The summed E-state index contributed by atoms with van der Waals surface area (Å²) in [6.45, 7) is 18.8. The van der Waals surface area contributed by atoms with Crippen LogP contribution in [0.5, 0.6) is 5.75 Å². The van der Waals surface area contributed by atoms with E-state index < -0.39 is 14.4 Å². The summed E-state index contributed by atoms with van der Waals surface area (Å²) in [7, 11) is 2.28. The molecule has 214 valence electrons. The zero-order valence-corrected chi connectivity index (χ0v) is 30.0. The minimum Gasteiger partial charge on any atom is -0.147 e. The fourth-order valence-electron chi connectivity index (χ4n) is 6.39. The smallest absolute Gasteiger partial charge is 0.147 e. The van der Waals surface area contributed by atoms with Crippen LogP contribution in [0.25, 0.3) is 21.9 Å². The summed E-state index contributed by atoms with van der Waals surface area (Å²) in [6, 6.07) is 29.9. The molecule has 0 saturated heterocycles. The summed E-state index contributed by atoms with van der Waals surface area (Å²) in [5.74, 6) is 1.04. The van der Waals surface area contributed by atoms with Crippen molar-refractivity contribution >= 4 is 43.2 Å². The second-order valence-corrected chi connectivity index (χ2v) is 30.2. The SMILES string of the molecule is C[CH2][Ti](=[SiH2])([CH2]C)([O]c1ccc2ccccc2c1)[CH]1c2cc(C(C)(C)C)ccc2-c2ccc(C(C)(C)C)cc21.Cl.Cl. The Morgan fingerprint density at radius 3 is 1.57 bits per heavy atom. The maximum atomic E-state index is 7.55. The standard InChI is InChI=1S/C21H25.C10H8O.2C2H5.2ClH.H2Si.Ti/c1-20(2,3)16-7-9-18-14(12-16)11-15-13-17(21(4,5)6)8-10-19(15)18;11-10-6-5-8-3-1-2-4-9(8)7-10;2*1-2;;;;/h7-13H,1-6H3;1-7,11H;2*1H2,2H3;2*1H;1H2;/q;;;;;;;+1/p-1. The van der Waals surface area contributed by atoms with Gasteiger partial charge in [0.1, 0.15) is 0 Å². The normalized spacial score (nSPS) is 13.7. The number of hydrogen-bond acceptors (Lipinski definition) is 1. The zero-order valence-electron chi connectivity index (χ0n) is 25.4. The molecule has 0 heterocycles. The molecular formula is C35H46Cl2OSiTi. The van der Waals surface area contributed by atoms with E-state index in [-0.39, 0.29) is 35.6 Å². The van der Waals surface area contributed by atoms with Crippen molar-refractivity contribution in [3.05, 3.63) is 101 Å². The Morgan fingerprint density at radius 1 is 0.650 bits per heavy atom. The Kier molecular flexibility index (Phi) is 9.29. The second kappa shape index (κ2) is 11.3. The average Bonchev–Trinajstić information content (AvgIpc) is 3.22. The van der Waals surface area contributed by atoms with E-state index in [1.807, 2.05) is 0 Å². The van der Waals surface area contributed by atoms with Gasteiger partial charge in [0.25, 0.3) is 0 Å². The third-order valence-corrected chi connectivity index (χ3v) is 25.5. The summed E-state index contributed by atoms with van der Waals surface area (Å²) < 4.78 is 10.1.